The van der Waals surface area contributed by atoms with E-state index in [1.807, 2.05) is 6.07 Å². The van der Waals surface area contributed by atoms with Gasteiger partial charge in [0.15, 0.2) is 6.61 Å². The lowest BCUT2D eigenvalue weighted by atomic mass is 9.53. The molecule has 1 heterocycles. The highest BCUT2D eigenvalue weighted by Crippen LogP contribution is 2.54. The van der Waals surface area contributed by atoms with Gasteiger partial charge in [-0.2, -0.15) is 0 Å². The number of hydrogen-bond acceptors (Lipinski definition) is 3. The molecule has 2 aliphatic carbocycles. The fourth-order valence-corrected chi connectivity index (χ4v) is 4.60. The lowest BCUT2D eigenvalue weighted by molar-refractivity contribution is -0.126. The molecule has 0 aliphatic heterocycles. The standard InChI is InChI=1S/C21H24N2O2/c24-19(14-25-16-9-6-12-22-13-16)23-21-18-11-5-4-10-17(18)20(21)15-7-2-1-3-8-15/h1-3,6-9,12-13,17-18,20-21H,4-5,10-11,14H2,(H,23,24)/t17-,18-,20+,21+/m1/s1. The Morgan fingerprint density at radius 2 is 1.88 bits per heavy atom. The molecule has 2 aromatic rings. The molecule has 4 nitrogen and oxygen atoms in total. The second kappa shape index (κ2) is 7.26. The summed E-state index contributed by atoms with van der Waals surface area (Å²) in [5.74, 6) is 2.34. The van der Waals surface area contributed by atoms with Gasteiger partial charge in [0.2, 0.25) is 0 Å². The number of rotatable bonds is 5. The van der Waals surface area contributed by atoms with Gasteiger partial charge in [0, 0.05) is 18.2 Å². The van der Waals surface area contributed by atoms with Gasteiger partial charge in [-0.25, -0.2) is 0 Å². The zero-order valence-corrected chi connectivity index (χ0v) is 14.3. The van der Waals surface area contributed by atoms with E-state index in [1.165, 1.54) is 31.2 Å². The van der Waals surface area contributed by atoms with Gasteiger partial charge in [-0.3, -0.25) is 9.78 Å². The van der Waals surface area contributed by atoms with Gasteiger partial charge < -0.3 is 10.1 Å². The second-order valence-corrected chi connectivity index (χ2v) is 7.12. The van der Waals surface area contributed by atoms with E-state index in [-0.39, 0.29) is 18.6 Å². The number of nitrogens with zero attached hydrogens (tertiary/aromatic N) is 1. The van der Waals surface area contributed by atoms with Crippen LogP contribution in [0, 0.1) is 11.8 Å². The molecule has 4 heteroatoms. The molecule has 4 rings (SSSR count). The van der Waals surface area contributed by atoms with Crippen LogP contribution in [0.4, 0.5) is 0 Å². The Kier molecular flexibility index (Phi) is 4.68. The maximum absolute atomic E-state index is 12.4. The number of aromatic nitrogens is 1. The number of ether oxygens (including phenoxy) is 1. The molecule has 2 fully saturated rings. The van der Waals surface area contributed by atoms with E-state index in [2.05, 4.69) is 40.6 Å². The molecular weight excluding hydrogens is 312 g/mol. The lowest BCUT2D eigenvalue weighted by Gasteiger charge is -2.55. The molecule has 0 unspecified atom stereocenters. The van der Waals surface area contributed by atoms with E-state index < -0.39 is 0 Å². The van der Waals surface area contributed by atoms with Crippen molar-refractivity contribution in [1.29, 1.82) is 0 Å². The van der Waals surface area contributed by atoms with Crippen molar-refractivity contribution in [3.05, 3.63) is 60.4 Å². The first-order valence-corrected chi connectivity index (χ1v) is 9.20. The summed E-state index contributed by atoms with van der Waals surface area (Å²) in [4.78, 5) is 16.4. The fraction of sp³-hybridized carbons (Fsp3) is 0.429. The molecule has 130 valence electrons. The van der Waals surface area contributed by atoms with Crippen LogP contribution >= 0.6 is 0 Å². The zero-order chi connectivity index (χ0) is 17.1. The SMILES string of the molecule is O=C(COc1cccnc1)N[C@H]1[C@@H]2CCCC[C@H]2[C@@H]1c1ccccc1. The van der Waals surface area contributed by atoms with E-state index in [9.17, 15) is 4.79 Å². The van der Waals surface area contributed by atoms with E-state index in [4.69, 9.17) is 4.74 Å². The van der Waals surface area contributed by atoms with Gasteiger partial charge in [-0.05, 0) is 42.4 Å². The highest BCUT2D eigenvalue weighted by molar-refractivity contribution is 5.78. The molecule has 1 aromatic heterocycles. The van der Waals surface area contributed by atoms with Crippen LogP contribution in [-0.2, 0) is 4.79 Å². The Labute approximate surface area is 148 Å². The van der Waals surface area contributed by atoms with Gasteiger partial charge in [0.25, 0.3) is 5.91 Å². The second-order valence-electron chi connectivity index (χ2n) is 7.12. The largest absolute Gasteiger partial charge is 0.482 e. The highest BCUT2D eigenvalue weighted by atomic mass is 16.5. The average Bonchev–Trinajstić information content (AvgIpc) is 2.66. The summed E-state index contributed by atoms with van der Waals surface area (Å²) in [6, 6.07) is 14.5. The normalized spacial score (nSPS) is 27.7. The molecule has 0 saturated heterocycles. The summed E-state index contributed by atoms with van der Waals surface area (Å²) in [5.41, 5.74) is 1.35. The molecule has 0 bridgehead atoms. The number of pyridine rings is 1. The van der Waals surface area contributed by atoms with Crippen molar-refractivity contribution in [3.8, 4) is 5.75 Å². The summed E-state index contributed by atoms with van der Waals surface area (Å²) in [7, 11) is 0. The zero-order valence-electron chi connectivity index (χ0n) is 14.3. The molecule has 2 aliphatic rings. The third-order valence-corrected chi connectivity index (χ3v) is 5.70. The summed E-state index contributed by atoms with van der Waals surface area (Å²) >= 11 is 0. The van der Waals surface area contributed by atoms with Crippen molar-refractivity contribution < 1.29 is 9.53 Å². The molecule has 1 aromatic carbocycles. The molecule has 1 amide bonds. The number of fused-ring (bicyclic) bond motifs is 1. The van der Waals surface area contributed by atoms with Crippen LogP contribution in [0.25, 0.3) is 0 Å². The Balaban J connectivity index is 1.41. The van der Waals surface area contributed by atoms with Crippen LogP contribution in [0.5, 0.6) is 5.75 Å². The number of hydrogen-bond donors (Lipinski definition) is 1. The third-order valence-electron chi connectivity index (χ3n) is 5.70. The number of amides is 1. The van der Waals surface area contributed by atoms with E-state index >= 15 is 0 Å². The molecule has 0 radical (unpaired) electrons. The first kappa shape index (κ1) is 16.1. The van der Waals surface area contributed by atoms with Gasteiger partial charge in [0.05, 0.1) is 6.20 Å². The average molecular weight is 336 g/mol. The van der Waals surface area contributed by atoms with Crippen molar-refractivity contribution in [2.75, 3.05) is 6.61 Å². The Morgan fingerprint density at radius 1 is 1.08 bits per heavy atom. The molecule has 25 heavy (non-hydrogen) atoms. The van der Waals surface area contributed by atoms with Gasteiger partial charge in [0.1, 0.15) is 5.75 Å². The first-order valence-electron chi connectivity index (χ1n) is 9.20. The molecule has 2 saturated carbocycles. The number of carbonyl (C=O) groups excluding carboxylic acids is 1. The number of nitrogens with one attached hydrogen (secondary N) is 1. The topological polar surface area (TPSA) is 51.2 Å². The van der Waals surface area contributed by atoms with E-state index in [0.717, 1.165) is 0 Å². The number of benzene rings is 1. The van der Waals surface area contributed by atoms with Crippen LogP contribution in [0.15, 0.2) is 54.9 Å². The summed E-state index contributed by atoms with van der Waals surface area (Å²) in [6.45, 7) is 0.0427. The summed E-state index contributed by atoms with van der Waals surface area (Å²) in [5, 5.41) is 3.25. The first-order chi connectivity index (χ1) is 12.3. The monoisotopic (exact) mass is 336 g/mol. The van der Waals surface area contributed by atoms with Crippen LogP contribution in [-0.4, -0.2) is 23.5 Å². The maximum atomic E-state index is 12.4. The summed E-state index contributed by atoms with van der Waals surface area (Å²) in [6.07, 6.45) is 8.41. The Bertz CT molecular complexity index is 704. The van der Waals surface area contributed by atoms with E-state index in [0.29, 0.717) is 23.5 Å². The Morgan fingerprint density at radius 3 is 2.64 bits per heavy atom. The lowest BCUT2D eigenvalue weighted by Crippen LogP contribution is -2.59. The van der Waals surface area contributed by atoms with Crippen molar-refractivity contribution in [3.63, 3.8) is 0 Å². The van der Waals surface area contributed by atoms with Crippen LogP contribution < -0.4 is 10.1 Å². The summed E-state index contributed by atoms with van der Waals surface area (Å²) < 4.78 is 5.54. The van der Waals surface area contributed by atoms with Crippen molar-refractivity contribution in [1.82, 2.24) is 10.3 Å². The molecular formula is C21H24N2O2. The smallest absolute Gasteiger partial charge is 0.258 e. The van der Waals surface area contributed by atoms with Crippen molar-refractivity contribution >= 4 is 5.91 Å². The van der Waals surface area contributed by atoms with E-state index in [1.54, 1.807) is 18.5 Å². The molecule has 0 spiro atoms. The predicted octanol–water partition coefficient (Wildman–Crippen LogP) is 3.55. The van der Waals surface area contributed by atoms with Gasteiger partial charge in [-0.15, -0.1) is 0 Å². The molecule has 4 atom stereocenters. The third kappa shape index (κ3) is 3.39. The van der Waals surface area contributed by atoms with Crippen molar-refractivity contribution in [2.45, 2.75) is 37.6 Å². The minimum absolute atomic E-state index is 0.0427. The van der Waals surface area contributed by atoms with Crippen LogP contribution in [0.2, 0.25) is 0 Å². The van der Waals surface area contributed by atoms with Gasteiger partial charge >= 0.3 is 0 Å². The van der Waals surface area contributed by atoms with Crippen molar-refractivity contribution in [2.24, 2.45) is 11.8 Å². The highest BCUT2D eigenvalue weighted by Gasteiger charge is 2.51. The quantitative estimate of drug-likeness (QED) is 0.908. The fourth-order valence-electron chi connectivity index (χ4n) is 4.60. The van der Waals surface area contributed by atoms with Gasteiger partial charge in [-0.1, -0.05) is 43.2 Å². The Hall–Kier alpha value is -2.36. The number of carbonyl (C=O) groups is 1. The maximum Gasteiger partial charge on any atom is 0.258 e. The molecule has 1 N–H and O–H groups in total. The minimum atomic E-state index is -0.0428. The van der Waals surface area contributed by atoms with Crippen LogP contribution in [0.1, 0.15) is 37.2 Å². The predicted molar refractivity (Wildman–Crippen MR) is 96.3 cm³/mol. The van der Waals surface area contributed by atoms with Crippen LogP contribution in [0.3, 0.4) is 0 Å². The minimum Gasteiger partial charge on any atom is -0.482 e.